The van der Waals surface area contributed by atoms with Gasteiger partial charge in [-0.2, -0.15) is 0 Å². The van der Waals surface area contributed by atoms with Crippen LogP contribution < -0.4 is 0 Å². The van der Waals surface area contributed by atoms with E-state index in [0.29, 0.717) is 0 Å². The maximum atomic E-state index is 10.8. The fraction of sp³-hybridized carbons (Fsp3) is 0.455. The number of ether oxygens (including phenoxy) is 2. The van der Waals surface area contributed by atoms with E-state index in [1.807, 2.05) is 0 Å². The van der Waals surface area contributed by atoms with E-state index in [0.717, 1.165) is 12.2 Å². The van der Waals surface area contributed by atoms with Crippen LogP contribution in [-0.2, 0) is 28.2 Å². The summed E-state index contributed by atoms with van der Waals surface area (Å²) >= 11 is 0. The Morgan fingerprint density at radius 3 is 1.75 bits per heavy atom. The van der Waals surface area contributed by atoms with Gasteiger partial charge in [-0.3, -0.25) is 4.52 Å². The predicted molar refractivity (Wildman–Crippen MR) is 68.5 cm³/mol. The van der Waals surface area contributed by atoms with Crippen LogP contribution in [0.25, 0.3) is 0 Å². The molecule has 0 aromatic heterocycles. The van der Waals surface area contributed by atoms with Gasteiger partial charge in [0.05, 0.1) is 19.3 Å². The van der Waals surface area contributed by atoms with E-state index in [1.165, 1.54) is 0 Å². The van der Waals surface area contributed by atoms with Crippen LogP contribution in [0.3, 0.4) is 0 Å². The largest absolute Gasteiger partial charge is 0.469 e. The molecule has 0 fully saturated rings. The number of carbonyl (C=O) groups is 2. The average Bonchev–Trinajstić information content (AvgIpc) is 2.36. The van der Waals surface area contributed by atoms with Crippen molar-refractivity contribution < 1.29 is 37.9 Å². The zero-order valence-electron chi connectivity index (χ0n) is 10.8. The zero-order chi connectivity index (χ0) is 15.6. The Labute approximate surface area is 116 Å². The van der Waals surface area contributed by atoms with Crippen molar-refractivity contribution in [2.75, 3.05) is 13.2 Å². The first-order valence-electron chi connectivity index (χ1n) is 5.61. The minimum atomic E-state index is -4.68. The van der Waals surface area contributed by atoms with Gasteiger partial charge in [0.25, 0.3) is 0 Å². The van der Waals surface area contributed by atoms with Crippen molar-refractivity contribution >= 4 is 19.8 Å². The molecule has 0 aromatic rings. The summed E-state index contributed by atoms with van der Waals surface area (Å²) in [6.45, 7) is 6.19. The molecule has 8 nitrogen and oxygen atoms in total. The molecule has 0 saturated heterocycles. The second kappa shape index (κ2) is 9.44. The Morgan fingerprint density at radius 2 is 1.45 bits per heavy atom. The number of rotatable bonds is 10. The second-order valence-corrected chi connectivity index (χ2v) is 4.73. The van der Waals surface area contributed by atoms with Gasteiger partial charge in [-0.05, 0) is 0 Å². The van der Waals surface area contributed by atoms with Gasteiger partial charge >= 0.3 is 19.8 Å². The Kier molecular flexibility index (Phi) is 8.74. The number of esters is 2. The van der Waals surface area contributed by atoms with Crippen LogP contribution >= 0.6 is 7.82 Å². The number of hydrogen-bond donors (Lipinski definition) is 2. The molecule has 0 spiro atoms. The SMILES string of the molecule is C=CC(=O)OCCC(CCOC(=O)C=C)OP(=O)(O)O. The molecule has 9 heteroatoms. The first-order chi connectivity index (χ1) is 9.28. The monoisotopic (exact) mass is 308 g/mol. The fourth-order valence-electron chi connectivity index (χ4n) is 1.14. The average molecular weight is 308 g/mol. The van der Waals surface area contributed by atoms with Gasteiger partial charge in [0.2, 0.25) is 0 Å². The molecule has 0 aliphatic heterocycles. The summed E-state index contributed by atoms with van der Waals surface area (Å²) < 4.78 is 24.6. The molecule has 0 aromatic carbocycles. The minimum absolute atomic E-state index is 0.0380. The van der Waals surface area contributed by atoms with E-state index < -0.39 is 25.9 Å². The number of phosphoric ester groups is 1. The normalized spacial score (nSPS) is 10.9. The van der Waals surface area contributed by atoms with Crippen LogP contribution in [0.1, 0.15) is 12.8 Å². The molecule has 20 heavy (non-hydrogen) atoms. The smallest absolute Gasteiger partial charge is 0.462 e. The van der Waals surface area contributed by atoms with Gasteiger partial charge in [0.1, 0.15) is 0 Å². The van der Waals surface area contributed by atoms with Crippen molar-refractivity contribution in [1.82, 2.24) is 0 Å². The van der Waals surface area contributed by atoms with Crippen LogP contribution in [0.2, 0.25) is 0 Å². The molecule has 0 heterocycles. The van der Waals surface area contributed by atoms with Crippen LogP contribution in [0.5, 0.6) is 0 Å². The Bertz CT molecular complexity index is 373. The van der Waals surface area contributed by atoms with Crippen LogP contribution in [0, 0.1) is 0 Å². The Balaban J connectivity index is 4.23. The molecule has 0 unspecified atom stereocenters. The van der Waals surface area contributed by atoms with Crippen molar-refractivity contribution in [2.24, 2.45) is 0 Å². The highest BCUT2D eigenvalue weighted by Crippen LogP contribution is 2.38. The number of hydrogen-bond acceptors (Lipinski definition) is 6. The highest BCUT2D eigenvalue weighted by atomic mass is 31.2. The van der Waals surface area contributed by atoms with E-state index in [9.17, 15) is 14.2 Å². The molecule has 0 saturated carbocycles. The molecule has 0 aliphatic carbocycles. The summed E-state index contributed by atoms with van der Waals surface area (Å²) in [5.41, 5.74) is 0. The summed E-state index contributed by atoms with van der Waals surface area (Å²) in [7, 11) is -4.68. The maximum absolute atomic E-state index is 10.8. The molecule has 0 amide bonds. The van der Waals surface area contributed by atoms with E-state index in [4.69, 9.17) is 9.79 Å². The molecule has 0 rings (SSSR count). The molecule has 114 valence electrons. The van der Waals surface area contributed by atoms with Crippen LogP contribution in [0.15, 0.2) is 25.3 Å². The van der Waals surface area contributed by atoms with Gasteiger partial charge < -0.3 is 19.3 Å². The van der Waals surface area contributed by atoms with Crippen molar-refractivity contribution in [2.45, 2.75) is 18.9 Å². The van der Waals surface area contributed by atoms with Crippen molar-refractivity contribution in [1.29, 1.82) is 0 Å². The lowest BCUT2D eigenvalue weighted by atomic mass is 10.2. The van der Waals surface area contributed by atoms with Gasteiger partial charge in [0, 0.05) is 25.0 Å². The third-order valence-corrected chi connectivity index (χ3v) is 2.56. The van der Waals surface area contributed by atoms with E-state index in [1.54, 1.807) is 0 Å². The lowest BCUT2D eigenvalue weighted by molar-refractivity contribution is -0.138. The topological polar surface area (TPSA) is 119 Å². The summed E-state index contributed by atoms with van der Waals surface area (Å²) in [6.07, 6.45) is 1.08. The highest BCUT2D eigenvalue weighted by molar-refractivity contribution is 7.46. The molecular weight excluding hydrogens is 291 g/mol. The molecule has 0 aliphatic rings. The van der Waals surface area contributed by atoms with Crippen molar-refractivity contribution in [3.8, 4) is 0 Å². The standard InChI is InChI=1S/C11H17O8P/c1-3-10(12)17-7-5-9(19-20(14,15)16)6-8-18-11(13)4-2/h3-4,9H,1-2,5-8H2,(H2,14,15,16). The minimum Gasteiger partial charge on any atom is -0.462 e. The summed E-state index contributed by atoms with van der Waals surface area (Å²) in [4.78, 5) is 39.1. The van der Waals surface area contributed by atoms with Gasteiger partial charge in [-0.1, -0.05) is 13.2 Å². The van der Waals surface area contributed by atoms with Gasteiger partial charge in [0.15, 0.2) is 0 Å². The number of carbonyl (C=O) groups excluding carboxylic acids is 2. The third kappa shape index (κ3) is 10.5. The van der Waals surface area contributed by atoms with E-state index in [2.05, 4.69) is 27.2 Å². The second-order valence-electron chi connectivity index (χ2n) is 3.54. The molecule has 0 radical (unpaired) electrons. The Hall–Kier alpha value is -1.47. The fourth-order valence-corrected chi connectivity index (χ4v) is 1.74. The zero-order valence-corrected chi connectivity index (χ0v) is 11.7. The summed E-state index contributed by atoms with van der Waals surface area (Å²) in [6, 6.07) is 0. The number of phosphoric acid groups is 1. The lowest BCUT2D eigenvalue weighted by Gasteiger charge is -2.17. The van der Waals surface area contributed by atoms with Crippen LogP contribution in [-0.4, -0.2) is 41.0 Å². The van der Waals surface area contributed by atoms with Gasteiger partial charge in [-0.15, -0.1) is 0 Å². The first-order valence-corrected chi connectivity index (χ1v) is 7.14. The Morgan fingerprint density at radius 1 is 1.05 bits per heavy atom. The third-order valence-electron chi connectivity index (χ3n) is 1.99. The lowest BCUT2D eigenvalue weighted by Crippen LogP contribution is -2.19. The highest BCUT2D eigenvalue weighted by Gasteiger charge is 2.22. The molecule has 0 bridgehead atoms. The quantitative estimate of drug-likeness (QED) is 0.344. The summed E-state index contributed by atoms with van der Waals surface area (Å²) in [5.74, 6) is -1.31. The molecule has 2 N–H and O–H groups in total. The molecular formula is C11H17O8P. The summed E-state index contributed by atoms with van der Waals surface area (Å²) in [5, 5.41) is 0. The van der Waals surface area contributed by atoms with E-state index >= 15 is 0 Å². The van der Waals surface area contributed by atoms with Crippen LogP contribution in [0.4, 0.5) is 0 Å². The van der Waals surface area contributed by atoms with Crippen molar-refractivity contribution in [3.05, 3.63) is 25.3 Å². The van der Waals surface area contributed by atoms with E-state index in [-0.39, 0.29) is 26.1 Å². The molecule has 0 atom stereocenters. The maximum Gasteiger partial charge on any atom is 0.469 e. The van der Waals surface area contributed by atoms with Gasteiger partial charge in [-0.25, -0.2) is 14.2 Å². The first kappa shape index (κ1) is 18.5. The predicted octanol–water partition coefficient (Wildman–Crippen LogP) is 0.703. The van der Waals surface area contributed by atoms with Crippen molar-refractivity contribution in [3.63, 3.8) is 0 Å².